The summed E-state index contributed by atoms with van der Waals surface area (Å²) in [5.41, 5.74) is 1.17. The van der Waals surface area contributed by atoms with Gasteiger partial charge in [-0.15, -0.1) is 11.3 Å². The third-order valence-corrected chi connectivity index (χ3v) is 8.07. The number of hydrogen-bond acceptors (Lipinski definition) is 7. The number of morpholine rings is 1. The minimum Gasteiger partial charge on any atom is -0.379 e. The summed E-state index contributed by atoms with van der Waals surface area (Å²) in [5, 5.41) is 6.79. The number of nitrogens with zero attached hydrogens (tertiary/aromatic N) is 2. The van der Waals surface area contributed by atoms with Gasteiger partial charge in [0.05, 0.1) is 13.2 Å². The maximum atomic E-state index is 12.7. The molecule has 1 N–H and O–H groups in total. The topological polar surface area (TPSA) is 102 Å². The smallest absolute Gasteiger partial charge is 0.252 e. The second kappa shape index (κ2) is 7.78. The van der Waals surface area contributed by atoms with Gasteiger partial charge >= 0.3 is 0 Å². The molecule has 8 nitrogen and oxygen atoms in total. The van der Waals surface area contributed by atoms with Crippen LogP contribution in [-0.4, -0.2) is 50.1 Å². The van der Waals surface area contributed by atoms with Gasteiger partial charge in [-0.2, -0.15) is 4.31 Å². The third kappa shape index (κ3) is 4.04. The van der Waals surface area contributed by atoms with E-state index in [9.17, 15) is 13.2 Å². The van der Waals surface area contributed by atoms with E-state index in [0.29, 0.717) is 47.7 Å². The number of amides is 1. The molecule has 4 rings (SSSR count). The van der Waals surface area contributed by atoms with E-state index in [2.05, 4.69) is 10.5 Å². The Bertz CT molecular complexity index is 998. The number of thiophene rings is 1. The van der Waals surface area contributed by atoms with Crippen LogP contribution < -0.4 is 5.32 Å². The van der Waals surface area contributed by atoms with E-state index in [1.54, 1.807) is 31.2 Å². The molecule has 1 aliphatic heterocycles. The SMILES string of the molecule is Cc1noc(C=Cc2ccc(S(=O)(=O)N3CCOCC3)s2)c1NC(=O)C1CC1. The van der Waals surface area contributed by atoms with Crippen molar-refractivity contribution in [2.24, 2.45) is 5.92 Å². The van der Waals surface area contributed by atoms with Crippen LogP contribution in [0.4, 0.5) is 5.69 Å². The Morgan fingerprint density at radius 1 is 1.29 bits per heavy atom. The highest BCUT2D eigenvalue weighted by Gasteiger charge is 2.31. The Kier molecular flexibility index (Phi) is 5.37. The van der Waals surface area contributed by atoms with Gasteiger partial charge in [-0.1, -0.05) is 5.16 Å². The Hall–Kier alpha value is -2.01. The fourth-order valence-corrected chi connectivity index (χ4v) is 5.65. The van der Waals surface area contributed by atoms with Crippen LogP contribution in [0.5, 0.6) is 0 Å². The van der Waals surface area contributed by atoms with Crippen LogP contribution >= 0.6 is 11.3 Å². The van der Waals surface area contributed by atoms with Gasteiger partial charge in [-0.3, -0.25) is 4.79 Å². The lowest BCUT2D eigenvalue weighted by atomic mass is 10.2. The van der Waals surface area contributed by atoms with Crippen molar-refractivity contribution in [3.8, 4) is 0 Å². The number of carbonyl (C=O) groups is 1. The number of nitrogens with one attached hydrogen (secondary N) is 1. The average Bonchev–Trinajstić information content (AvgIpc) is 3.35. The molecule has 0 unspecified atom stereocenters. The summed E-state index contributed by atoms with van der Waals surface area (Å²) in [6.45, 7) is 3.33. The van der Waals surface area contributed by atoms with Gasteiger partial charge in [0.2, 0.25) is 5.91 Å². The first kappa shape index (κ1) is 19.3. The van der Waals surface area contributed by atoms with E-state index in [1.807, 2.05) is 0 Å². The molecule has 2 fully saturated rings. The Balaban J connectivity index is 1.49. The predicted molar refractivity (Wildman–Crippen MR) is 105 cm³/mol. The molecule has 0 atom stereocenters. The standard InChI is InChI=1S/C18H21N3O5S2/c1-12-17(19-18(22)13-2-3-13)15(26-20-12)6-4-14-5-7-16(27-14)28(23,24)21-8-10-25-11-9-21/h4-7,13H,2-3,8-11H2,1H3,(H,19,22). The van der Waals surface area contributed by atoms with Crippen LogP contribution in [-0.2, 0) is 19.6 Å². The quantitative estimate of drug-likeness (QED) is 0.766. The maximum Gasteiger partial charge on any atom is 0.252 e. The van der Waals surface area contributed by atoms with Crippen LogP contribution in [0.25, 0.3) is 12.2 Å². The van der Waals surface area contributed by atoms with Crippen LogP contribution in [0.15, 0.2) is 20.9 Å². The van der Waals surface area contributed by atoms with E-state index in [1.165, 1.54) is 15.6 Å². The van der Waals surface area contributed by atoms with E-state index < -0.39 is 10.0 Å². The van der Waals surface area contributed by atoms with E-state index in [-0.39, 0.29) is 11.8 Å². The molecule has 0 spiro atoms. The molecule has 2 aliphatic rings. The second-order valence-corrected chi connectivity index (χ2v) is 10.1. The highest BCUT2D eigenvalue weighted by molar-refractivity contribution is 7.91. The molecule has 1 saturated carbocycles. The molecule has 1 amide bonds. The third-order valence-electron chi connectivity index (χ3n) is 4.65. The molecule has 0 aromatic carbocycles. The van der Waals surface area contributed by atoms with Crippen LogP contribution in [0, 0.1) is 12.8 Å². The zero-order valence-corrected chi connectivity index (χ0v) is 17.0. The summed E-state index contributed by atoms with van der Waals surface area (Å²) >= 11 is 1.19. The summed E-state index contributed by atoms with van der Waals surface area (Å²) in [7, 11) is -3.50. The maximum absolute atomic E-state index is 12.7. The molecule has 10 heteroatoms. The molecule has 1 aliphatic carbocycles. The fraction of sp³-hybridized carbons (Fsp3) is 0.444. The van der Waals surface area contributed by atoms with Crippen LogP contribution in [0.1, 0.15) is 29.2 Å². The van der Waals surface area contributed by atoms with Crippen molar-refractivity contribution in [2.75, 3.05) is 31.6 Å². The van der Waals surface area contributed by atoms with Crippen molar-refractivity contribution in [1.29, 1.82) is 0 Å². The van der Waals surface area contributed by atoms with Gasteiger partial charge in [0.25, 0.3) is 10.0 Å². The van der Waals surface area contributed by atoms with Gasteiger partial charge < -0.3 is 14.6 Å². The highest BCUT2D eigenvalue weighted by atomic mass is 32.2. The Morgan fingerprint density at radius 3 is 2.75 bits per heavy atom. The monoisotopic (exact) mass is 423 g/mol. The predicted octanol–water partition coefficient (Wildman–Crippen LogP) is 2.58. The molecular weight excluding hydrogens is 402 g/mol. The van der Waals surface area contributed by atoms with Gasteiger partial charge in [-0.25, -0.2) is 8.42 Å². The van der Waals surface area contributed by atoms with Gasteiger partial charge in [0.15, 0.2) is 5.76 Å². The van der Waals surface area contributed by atoms with Crippen molar-refractivity contribution in [3.63, 3.8) is 0 Å². The number of aryl methyl sites for hydroxylation is 1. The number of sulfonamides is 1. The molecule has 1 saturated heterocycles. The minimum atomic E-state index is -3.50. The van der Waals surface area contributed by atoms with Crippen molar-refractivity contribution in [1.82, 2.24) is 9.46 Å². The number of carbonyl (C=O) groups excluding carboxylic acids is 1. The molecule has 3 heterocycles. The first-order valence-electron chi connectivity index (χ1n) is 9.08. The number of aromatic nitrogens is 1. The largest absolute Gasteiger partial charge is 0.379 e. The molecule has 0 bridgehead atoms. The molecule has 28 heavy (non-hydrogen) atoms. The second-order valence-electron chi connectivity index (χ2n) is 6.78. The number of hydrogen-bond donors (Lipinski definition) is 1. The molecular formula is C18H21N3O5S2. The molecule has 0 radical (unpaired) electrons. The molecule has 2 aromatic heterocycles. The summed E-state index contributed by atoms with van der Waals surface area (Å²) in [6, 6.07) is 3.36. The van der Waals surface area contributed by atoms with Crippen LogP contribution in [0.3, 0.4) is 0 Å². The first-order valence-corrected chi connectivity index (χ1v) is 11.3. The highest BCUT2D eigenvalue weighted by Crippen LogP contribution is 2.32. The van der Waals surface area contributed by atoms with Crippen LogP contribution in [0.2, 0.25) is 0 Å². The zero-order chi connectivity index (χ0) is 19.7. The van der Waals surface area contributed by atoms with E-state index in [0.717, 1.165) is 17.7 Å². The number of anilines is 1. The lowest BCUT2D eigenvalue weighted by molar-refractivity contribution is -0.117. The van der Waals surface area contributed by atoms with Gasteiger partial charge in [-0.05, 0) is 44.1 Å². The van der Waals surface area contributed by atoms with Crippen molar-refractivity contribution in [3.05, 3.63) is 28.5 Å². The van der Waals surface area contributed by atoms with Crippen molar-refractivity contribution in [2.45, 2.75) is 24.0 Å². The Labute approximate surface area is 167 Å². The first-order chi connectivity index (χ1) is 13.4. The Morgan fingerprint density at radius 2 is 2.04 bits per heavy atom. The van der Waals surface area contributed by atoms with Gasteiger partial charge in [0, 0.05) is 23.9 Å². The number of rotatable bonds is 6. The lowest BCUT2D eigenvalue weighted by Crippen LogP contribution is -2.40. The average molecular weight is 424 g/mol. The summed E-state index contributed by atoms with van der Waals surface area (Å²) in [5.74, 6) is 0.504. The fourth-order valence-electron chi connectivity index (χ4n) is 2.86. The minimum absolute atomic E-state index is 0.0176. The summed E-state index contributed by atoms with van der Waals surface area (Å²) in [4.78, 5) is 12.8. The molecule has 2 aromatic rings. The normalized spacial score (nSPS) is 18.6. The lowest BCUT2D eigenvalue weighted by Gasteiger charge is -2.25. The van der Waals surface area contributed by atoms with Gasteiger partial charge in [0.1, 0.15) is 15.6 Å². The molecule has 150 valence electrons. The van der Waals surface area contributed by atoms with Crippen molar-refractivity contribution < 1.29 is 22.5 Å². The summed E-state index contributed by atoms with van der Waals surface area (Å²) < 4.78 is 37.7. The summed E-state index contributed by atoms with van der Waals surface area (Å²) in [6.07, 6.45) is 5.28. The number of ether oxygens (including phenoxy) is 1. The zero-order valence-electron chi connectivity index (χ0n) is 15.4. The van der Waals surface area contributed by atoms with E-state index in [4.69, 9.17) is 9.26 Å². The van der Waals surface area contributed by atoms with E-state index >= 15 is 0 Å². The van der Waals surface area contributed by atoms with Crippen molar-refractivity contribution >= 4 is 45.1 Å².